The second-order valence-electron chi connectivity index (χ2n) is 7.10. The van der Waals surface area contributed by atoms with Gasteiger partial charge in [-0.3, -0.25) is 9.59 Å². The summed E-state index contributed by atoms with van der Waals surface area (Å²) in [5.74, 6) is 0.744. The highest BCUT2D eigenvalue weighted by atomic mass is 16.2. The molecule has 0 radical (unpaired) electrons. The molecule has 3 unspecified atom stereocenters. The summed E-state index contributed by atoms with van der Waals surface area (Å²) in [6.07, 6.45) is 2.17. The molecular formula is C14H24N2O2. The molecule has 18 heavy (non-hydrogen) atoms. The molecular weight excluding hydrogens is 228 g/mol. The molecule has 0 aromatic heterocycles. The van der Waals surface area contributed by atoms with Gasteiger partial charge in [0.15, 0.2) is 0 Å². The molecule has 3 fully saturated rings. The van der Waals surface area contributed by atoms with Crippen molar-refractivity contribution in [2.45, 2.75) is 40.5 Å². The van der Waals surface area contributed by atoms with Crippen molar-refractivity contribution in [3.63, 3.8) is 0 Å². The van der Waals surface area contributed by atoms with Crippen molar-refractivity contribution >= 4 is 11.8 Å². The van der Waals surface area contributed by atoms with E-state index < -0.39 is 5.91 Å². The molecule has 2 amide bonds. The lowest BCUT2D eigenvalue weighted by Crippen LogP contribution is -2.62. The SMILES string of the molecule is CC1(C)C2CC(C(=O)NCC(N)=O)C(C)(C)C1C2. The molecule has 3 atom stereocenters. The minimum Gasteiger partial charge on any atom is -0.368 e. The van der Waals surface area contributed by atoms with Crippen molar-refractivity contribution in [1.29, 1.82) is 0 Å². The fourth-order valence-corrected chi connectivity index (χ4v) is 4.25. The second kappa shape index (κ2) is 3.97. The molecule has 3 rings (SSSR count). The Balaban J connectivity index is 2.08. The molecule has 4 nitrogen and oxygen atoms in total. The van der Waals surface area contributed by atoms with E-state index in [1.54, 1.807) is 0 Å². The molecule has 3 N–H and O–H groups in total. The molecule has 2 bridgehead atoms. The Bertz CT molecular complexity index is 387. The number of hydrogen-bond donors (Lipinski definition) is 2. The molecule has 0 aliphatic heterocycles. The van der Waals surface area contributed by atoms with Crippen molar-refractivity contribution in [2.24, 2.45) is 34.3 Å². The molecule has 3 aliphatic carbocycles. The molecule has 102 valence electrons. The van der Waals surface area contributed by atoms with Crippen LogP contribution in [0, 0.1) is 28.6 Å². The third kappa shape index (κ3) is 1.82. The zero-order chi connectivity index (χ0) is 13.7. The Hall–Kier alpha value is -1.06. The first-order chi connectivity index (χ1) is 8.17. The number of carbonyl (C=O) groups excluding carboxylic acids is 2. The number of carbonyl (C=O) groups is 2. The molecule has 0 spiro atoms. The van der Waals surface area contributed by atoms with Crippen LogP contribution in [0.1, 0.15) is 40.5 Å². The normalized spacial score (nSPS) is 35.4. The summed E-state index contributed by atoms with van der Waals surface area (Å²) in [6.45, 7) is 8.94. The van der Waals surface area contributed by atoms with Gasteiger partial charge in [0.05, 0.1) is 6.54 Å². The van der Waals surface area contributed by atoms with Crippen LogP contribution in [-0.2, 0) is 9.59 Å². The maximum absolute atomic E-state index is 12.2. The minimum absolute atomic E-state index is 0.0000203. The van der Waals surface area contributed by atoms with Crippen molar-refractivity contribution < 1.29 is 9.59 Å². The molecule has 3 aliphatic rings. The smallest absolute Gasteiger partial charge is 0.236 e. The molecule has 0 heterocycles. The second-order valence-corrected chi connectivity index (χ2v) is 7.10. The predicted octanol–water partition coefficient (Wildman–Crippen LogP) is 1.30. The lowest BCUT2D eigenvalue weighted by atomic mass is 9.39. The van der Waals surface area contributed by atoms with Crippen LogP contribution in [0.25, 0.3) is 0 Å². The fourth-order valence-electron chi connectivity index (χ4n) is 4.25. The summed E-state index contributed by atoms with van der Waals surface area (Å²) in [4.78, 5) is 22.9. The van der Waals surface area contributed by atoms with Gasteiger partial charge in [-0.2, -0.15) is 0 Å². The van der Waals surface area contributed by atoms with E-state index in [1.807, 2.05) is 0 Å². The van der Waals surface area contributed by atoms with Crippen LogP contribution in [-0.4, -0.2) is 18.4 Å². The molecule has 0 saturated heterocycles. The molecule has 3 saturated carbocycles. The first kappa shape index (κ1) is 13.4. The van der Waals surface area contributed by atoms with E-state index >= 15 is 0 Å². The summed E-state index contributed by atoms with van der Waals surface area (Å²) < 4.78 is 0. The highest BCUT2D eigenvalue weighted by Gasteiger charge is 2.62. The third-order valence-corrected chi connectivity index (χ3v) is 5.54. The van der Waals surface area contributed by atoms with E-state index in [4.69, 9.17) is 5.73 Å². The lowest BCUT2D eigenvalue weighted by molar-refractivity contribution is -0.182. The van der Waals surface area contributed by atoms with Gasteiger partial charge in [-0.05, 0) is 35.5 Å². The standard InChI is InChI=1S/C14H24N2O2/c1-13(2)8-5-9(12(18)16-7-11(15)17)14(3,4)10(13)6-8/h8-10H,5-7H2,1-4H3,(H2,15,17)(H,16,18). The molecule has 0 aromatic rings. The number of rotatable bonds is 3. The summed E-state index contributed by atoms with van der Waals surface area (Å²) >= 11 is 0. The van der Waals surface area contributed by atoms with Crippen molar-refractivity contribution in [3.8, 4) is 0 Å². The third-order valence-electron chi connectivity index (χ3n) is 5.54. The van der Waals surface area contributed by atoms with Gasteiger partial charge >= 0.3 is 0 Å². The highest BCUT2D eigenvalue weighted by molar-refractivity contribution is 5.85. The molecule has 0 aromatic carbocycles. The highest BCUT2D eigenvalue weighted by Crippen LogP contribution is 2.67. The lowest BCUT2D eigenvalue weighted by Gasteiger charge is -2.66. The van der Waals surface area contributed by atoms with E-state index in [9.17, 15) is 9.59 Å². The van der Waals surface area contributed by atoms with Gasteiger partial charge in [0.25, 0.3) is 0 Å². The van der Waals surface area contributed by atoms with Gasteiger partial charge in [-0.1, -0.05) is 27.7 Å². The summed E-state index contributed by atoms with van der Waals surface area (Å²) in [6, 6.07) is 0. The Morgan fingerprint density at radius 1 is 1.17 bits per heavy atom. The van der Waals surface area contributed by atoms with Gasteiger partial charge < -0.3 is 11.1 Å². The number of nitrogens with two attached hydrogens (primary N) is 1. The van der Waals surface area contributed by atoms with Crippen LogP contribution in [0.2, 0.25) is 0 Å². The maximum atomic E-state index is 12.2. The topological polar surface area (TPSA) is 72.2 Å². The van der Waals surface area contributed by atoms with Crippen molar-refractivity contribution in [3.05, 3.63) is 0 Å². The van der Waals surface area contributed by atoms with Crippen molar-refractivity contribution in [2.75, 3.05) is 6.54 Å². The van der Waals surface area contributed by atoms with E-state index in [2.05, 4.69) is 33.0 Å². The fraction of sp³-hybridized carbons (Fsp3) is 0.857. The largest absolute Gasteiger partial charge is 0.368 e. The first-order valence-corrected chi connectivity index (χ1v) is 6.73. The van der Waals surface area contributed by atoms with Crippen LogP contribution >= 0.6 is 0 Å². The van der Waals surface area contributed by atoms with E-state index in [0.717, 1.165) is 6.42 Å². The predicted molar refractivity (Wildman–Crippen MR) is 69.5 cm³/mol. The Kier molecular flexibility index (Phi) is 2.95. The average molecular weight is 252 g/mol. The summed E-state index contributed by atoms with van der Waals surface area (Å²) in [5.41, 5.74) is 5.41. The van der Waals surface area contributed by atoms with Crippen molar-refractivity contribution in [1.82, 2.24) is 5.32 Å². The number of hydrogen-bond acceptors (Lipinski definition) is 2. The van der Waals surface area contributed by atoms with Crippen LogP contribution < -0.4 is 11.1 Å². The van der Waals surface area contributed by atoms with Gasteiger partial charge in [-0.15, -0.1) is 0 Å². The van der Waals surface area contributed by atoms with Gasteiger partial charge in [0.2, 0.25) is 11.8 Å². The summed E-state index contributed by atoms with van der Waals surface area (Å²) in [7, 11) is 0. The average Bonchev–Trinajstić information content (AvgIpc) is 2.23. The minimum atomic E-state index is -0.484. The van der Waals surface area contributed by atoms with Crippen LogP contribution in [0.3, 0.4) is 0 Å². The van der Waals surface area contributed by atoms with E-state index in [-0.39, 0.29) is 23.8 Å². The number of nitrogens with one attached hydrogen (secondary N) is 1. The maximum Gasteiger partial charge on any atom is 0.236 e. The van der Waals surface area contributed by atoms with Crippen LogP contribution in [0.4, 0.5) is 0 Å². The van der Waals surface area contributed by atoms with E-state index in [0.29, 0.717) is 17.3 Å². The quantitative estimate of drug-likeness (QED) is 0.794. The summed E-state index contributed by atoms with van der Waals surface area (Å²) in [5, 5.41) is 2.66. The van der Waals surface area contributed by atoms with Gasteiger partial charge in [0, 0.05) is 5.92 Å². The number of fused-ring (bicyclic) bond motifs is 2. The van der Waals surface area contributed by atoms with E-state index in [1.165, 1.54) is 6.42 Å². The van der Waals surface area contributed by atoms with Gasteiger partial charge in [0.1, 0.15) is 0 Å². The van der Waals surface area contributed by atoms with Gasteiger partial charge in [-0.25, -0.2) is 0 Å². The molecule has 4 heteroatoms. The zero-order valence-corrected chi connectivity index (χ0v) is 11.7. The Morgan fingerprint density at radius 2 is 1.78 bits per heavy atom. The van der Waals surface area contributed by atoms with Crippen LogP contribution in [0.15, 0.2) is 0 Å². The Labute approximate surface area is 109 Å². The zero-order valence-electron chi connectivity index (χ0n) is 11.7. The number of primary amides is 1. The first-order valence-electron chi connectivity index (χ1n) is 6.73. The Morgan fingerprint density at radius 3 is 2.22 bits per heavy atom. The monoisotopic (exact) mass is 252 g/mol. The van der Waals surface area contributed by atoms with Crippen LogP contribution in [0.5, 0.6) is 0 Å². The number of amides is 2.